The zero-order valence-electron chi connectivity index (χ0n) is 11.4. The molecule has 2 N–H and O–H groups in total. The number of hydrogen-bond donors (Lipinski definition) is 1. The molecular formula is C12H27ClN2OS. The van der Waals surface area contributed by atoms with Gasteiger partial charge in [0.15, 0.2) is 0 Å². The maximum atomic E-state index is 11.7. The Labute approximate surface area is 116 Å². The van der Waals surface area contributed by atoms with Crippen LogP contribution in [0, 0.1) is 5.92 Å². The average Bonchev–Trinajstić information content (AvgIpc) is 2.25. The Hall–Kier alpha value is 0.0700. The van der Waals surface area contributed by atoms with E-state index >= 15 is 0 Å². The van der Waals surface area contributed by atoms with Gasteiger partial charge in [0.1, 0.15) is 0 Å². The minimum Gasteiger partial charge on any atom is -0.346 e. The first kappa shape index (κ1) is 19.4. The molecule has 0 aromatic carbocycles. The van der Waals surface area contributed by atoms with E-state index in [-0.39, 0.29) is 24.4 Å². The van der Waals surface area contributed by atoms with Gasteiger partial charge >= 0.3 is 0 Å². The molecular weight excluding hydrogens is 256 g/mol. The van der Waals surface area contributed by atoms with Gasteiger partial charge in [-0.05, 0) is 30.8 Å². The lowest BCUT2D eigenvalue weighted by molar-refractivity contribution is -0.130. The first-order chi connectivity index (χ1) is 7.49. The van der Waals surface area contributed by atoms with Crippen molar-refractivity contribution in [1.29, 1.82) is 0 Å². The van der Waals surface area contributed by atoms with Crippen molar-refractivity contribution in [1.82, 2.24) is 4.90 Å². The minimum atomic E-state index is 0. The summed E-state index contributed by atoms with van der Waals surface area (Å²) in [6.45, 7) is 5.01. The third-order valence-corrected chi connectivity index (χ3v) is 3.52. The molecule has 0 radical (unpaired) electrons. The summed E-state index contributed by atoms with van der Waals surface area (Å²) in [6, 6.07) is 0.196. The summed E-state index contributed by atoms with van der Waals surface area (Å²) in [6.07, 6.45) is 4.59. The standard InChI is InChI=1S/C12H26N2OS.ClH/c1-10(2)11(13)7-8-14(3)12(15)6-5-9-16-4;/h10-11H,5-9,13H2,1-4H3;1H. The molecule has 1 amide bonds. The van der Waals surface area contributed by atoms with Crippen LogP contribution >= 0.6 is 24.2 Å². The molecule has 17 heavy (non-hydrogen) atoms. The first-order valence-corrected chi connectivity index (χ1v) is 7.37. The molecule has 0 aromatic heterocycles. The monoisotopic (exact) mass is 282 g/mol. The van der Waals surface area contributed by atoms with E-state index in [1.165, 1.54) is 0 Å². The van der Waals surface area contributed by atoms with E-state index in [2.05, 4.69) is 20.1 Å². The van der Waals surface area contributed by atoms with Gasteiger partial charge in [0.2, 0.25) is 5.91 Å². The second kappa shape index (κ2) is 11.2. The van der Waals surface area contributed by atoms with Crippen LogP contribution in [0.5, 0.6) is 0 Å². The summed E-state index contributed by atoms with van der Waals surface area (Å²) in [5.41, 5.74) is 5.95. The zero-order valence-corrected chi connectivity index (χ0v) is 13.1. The first-order valence-electron chi connectivity index (χ1n) is 5.97. The molecule has 104 valence electrons. The second-order valence-corrected chi connectivity index (χ2v) is 5.59. The van der Waals surface area contributed by atoms with Crippen LogP contribution in [0.2, 0.25) is 0 Å². The molecule has 0 spiro atoms. The third-order valence-electron chi connectivity index (χ3n) is 2.82. The normalized spacial score (nSPS) is 12.1. The van der Waals surface area contributed by atoms with E-state index in [0.717, 1.165) is 25.1 Å². The molecule has 1 unspecified atom stereocenters. The van der Waals surface area contributed by atoms with E-state index in [4.69, 9.17) is 5.73 Å². The summed E-state index contributed by atoms with van der Waals surface area (Å²) < 4.78 is 0. The number of amides is 1. The average molecular weight is 283 g/mol. The predicted octanol–water partition coefficient (Wildman–Crippen LogP) is 2.38. The highest BCUT2D eigenvalue weighted by atomic mass is 35.5. The van der Waals surface area contributed by atoms with Gasteiger partial charge < -0.3 is 10.6 Å². The summed E-state index contributed by atoms with van der Waals surface area (Å²) in [5, 5.41) is 0. The highest BCUT2D eigenvalue weighted by molar-refractivity contribution is 7.98. The van der Waals surface area contributed by atoms with Gasteiger partial charge in [-0.3, -0.25) is 4.79 Å². The van der Waals surface area contributed by atoms with Crippen LogP contribution in [-0.4, -0.2) is 42.4 Å². The van der Waals surface area contributed by atoms with Gasteiger partial charge in [0.05, 0.1) is 0 Å². The predicted molar refractivity (Wildman–Crippen MR) is 79.9 cm³/mol. The van der Waals surface area contributed by atoms with Crippen LogP contribution in [0.1, 0.15) is 33.1 Å². The van der Waals surface area contributed by atoms with Crippen LogP contribution in [0.25, 0.3) is 0 Å². The van der Waals surface area contributed by atoms with Crippen LogP contribution < -0.4 is 5.73 Å². The third kappa shape index (κ3) is 9.74. The van der Waals surface area contributed by atoms with E-state index < -0.39 is 0 Å². The Bertz CT molecular complexity index is 203. The quantitative estimate of drug-likeness (QED) is 0.696. The highest BCUT2D eigenvalue weighted by Gasteiger charge is 2.12. The molecule has 0 saturated heterocycles. The SMILES string of the molecule is CSCCCC(=O)N(C)CCC(N)C(C)C.Cl. The lowest BCUT2D eigenvalue weighted by Crippen LogP contribution is -2.34. The van der Waals surface area contributed by atoms with Crippen molar-refractivity contribution in [2.75, 3.05) is 25.6 Å². The molecule has 0 aromatic rings. The topological polar surface area (TPSA) is 46.3 Å². The summed E-state index contributed by atoms with van der Waals surface area (Å²) in [7, 11) is 1.87. The van der Waals surface area contributed by atoms with Crippen molar-refractivity contribution < 1.29 is 4.79 Å². The van der Waals surface area contributed by atoms with Crippen molar-refractivity contribution in [3.8, 4) is 0 Å². The fraction of sp³-hybridized carbons (Fsp3) is 0.917. The molecule has 0 aliphatic carbocycles. The molecule has 1 atom stereocenters. The van der Waals surface area contributed by atoms with Crippen molar-refractivity contribution >= 4 is 30.1 Å². The van der Waals surface area contributed by atoms with Gasteiger partial charge in [-0.25, -0.2) is 0 Å². The smallest absolute Gasteiger partial charge is 0.222 e. The Kier molecular flexibility index (Phi) is 12.8. The van der Waals surface area contributed by atoms with Crippen molar-refractivity contribution in [2.24, 2.45) is 11.7 Å². The molecule has 0 heterocycles. The summed E-state index contributed by atoms with van der Waals surface area (Å²) in [4.78, 5) is 13.5. The largest absolute Gasteiger partial charge is 0.346 e. The van der Waals surface area contributed by atoms with Gasteiger partial charge in [-0.1, -0.05) is 13.8 Å². The highest BCUT2D eigenvalue weighted by Crippen LogP contribution is 2.06. The van der Waals surface area contributed by atoms with Gasteiger partial charge in [-0.2, -0.15) is 11.8 Å². The number of thioether (sulfide) groups is 1. The maximum Gasteiger partial charge on any atom is 0.222 e. The van der Waals surface area contributed by atoms with Crippen LogP contribution in [-0.2, 0) is 4.79 Å². The van der Waals surface area contributed by atoms with Crippen molar-refractivity contribution in [2.45, 2.75) is 39.2 Å². The molecule has 0 fully saturated rings. The lowest BCUT2D eigenvalue weighted by atomic mass is 10.0. The molecule has 0 aliphatic heterocycles. The van der Waals surface area contributed by atoms with E-state index in [0.29, 0.717) is 12.3 Å². The number of halogens is 1. The number of carbonyl (C=O) groups is 1. The van der Waals surface area contributed by atoms with Crippen molar-refractivity contribution in [3.63, 3.8) is 0 Å². The van der Waals surface area contributed by atoms with E-state index in [1.807, 2.05) is 11.9 Å². The fourth-order valence-electron chi connectivity index (χ4n) is 1.36. The molecule has 0 rings (SSSR count). The Morgan fingerprint density at radius 1 is 1.41 bits per heavy atom. The Morgan fingerprint density at radius 2 is 2.00 bits per heavy atom. The lowest BCUT2D eigenvalue weighted by Gasteiger charge is -2.21. The van der Waals surface area contributed by atoms with Crippen molar-refractivity contribution in [3.05, 3.63) is 0 Å². The molecule has 0 aliphatic rings. The van der Waals surface area contributed by atoms with Gasteiger partial charge in [-0.15, -0.1) is 12.4 Å². The second-order valence-electron chi connectivity index (χ2n) is 4.61. The Balaban J connectivity index is 0. The minimum absolute atomic E-state index is 0. The molecule has 0 saturated carbocycles. The van der Waals surface area contributed by atoms with Gasteiger partial charge in [0.25, 0.3) is 0 Å². The number of nitrogens with two attached hydrogens (primary N) is 1. The fourth-order valence-corrected chi connectivity index (χ4v) is 1.79. The number of carbonyl (C=O) groups excluding carboxylic acids is 1. The number of nitrogens with zero attached hydrogens (tertiary/aromatic N) is 1. The summed E-state index contributed by atoms with van der Waals surface area (Å²) in [5.74, 6) is 1.79. The number of hydrogen-bond acceptors (Lipinski definition) is 3. The Morgan fingerprint density at radius 3 is 2.47 bits per heavy atom. The van der Waals surface area contributed by atoms with Gasteiger partial charge in [0, 0.05) is 26.1 Å². The maximum absolute atomic E-state index is 11.7. The zero-order chi connectivity index (χ0) is 12.6. The molecule has 0 bridgehead atoms. The van der Waals surface area contributed by atoms with E-state index in [1.54, 1.807) is 11.8 Å². The molecule has 5 heteroatoms. The van der Waals surface area contributed by atoms with Crippen LogP contribution in [0.3, 0.4) is 0 Å². The summed E-state index contributed by atoms with van der Waals surface area (Å²) >= 11 is 1.79. The number of rotatable bonds is 8. The molecule has 3 nitrogen and oxygen atoms in total. The van der Waals surface area contributed by atoms with Crippen LogP contribution in [0.4, 0.5) is 0 Å². The van der Waals surface area contributed by atoms with E-state index in [9.17, 15) is 4.79 Å². The van der Waals surface area contributed by atoms with Crippen LogP contribution in [0.15, 0.2) is 0 Å².